The standard InChI is InChI=1S/C21H31N5O4S.ClH/c1-11-17-16(12(2)27)20(28)26(17)18(21(29)30)19(11)31-14-8-13(22-9-14)10-24-6-7-25-15(24)4-5-23(25)3;/h4,11-14,16-17,22,27H,5-10H2,1-3H3,(H,29,30);1H/t11-,12-,13+,14+,16-,17-;/m1./s1. The summed E-state index contributed by atoms with van der Waals surface area (Å²) in [6.45, 7) is 8.38. The lowest BCUT2D eigenvalue weighted by molar-refractivity contribution is -0.163. The number of β-lactam (4-membered cyclic amide) rings is 1. The molecule has 0 unspecified atom stereocenters. The first-order chi connectivity index (χ1) is 14.8. The molecule has 0 aromatic carbocycles. The quantitative estimate of drug-likeness (QED) is 0.460. The highest BCUT2D eigenvalue weighted by atomic mass is 35.5. The summed E-state index contributed by atoms with van der Waals surface area (Å²) in [5, 5.41) is 28.3. The van der Waals surface area contributed by atoms with E-state index in [-0.39, 0.29) is 41.2 Å². The molecule has 5 aliphatic rings. The van der Waals surface area contributed by atoms with Gasteiger partial charge in [0, 0.05) is 55.3 Å². The van der Waals surface area contributed by atoms with E-state index in [9.17, 15) is 19.8 Å². The third-order valence-corrected chi connectivity index (χ3v) is 8.86. The van der Waals surface area contributed by atoms with Crippen molar-refractivity contribution in [3.8, 4) is 0 Å². The van der Waals surface area contributed by atoms with Gasteiger partial charge in [-0.1, -0.05) is 6.92 Å². The summed E-state index contributed by atoms with van der Waals surface area (Å²) in [4.78, 5) is 29.2. The number of carbonyl (C=O) groups is 2. The number of carboxylic acids is 1. The lowest BCUT2D eigenvalue weighted by atomic mass is 9.79. The molecule has 9 nitrogen and oxygen atoms in total. The molecule has 0 aromatic heterocycles. The third-order valence-electron chi connectivity index (χ3n) is 7.35. The number of hydrogen-bond donors (Lipinski definition) is 3. The number of likely N-dealkylation sites (N-methyl/N-ethyl adjacent to an activating group) is 1. The topological polar surface area (TPSA) is 99.6 Å². The second-order valence-electron chi connectivity index (χ2n) is 9.32. The van der Waals surface area contributed by atoms with Crippen molar-refractivity contribution in [3.05, 3.63) is 22.5 Å². The van der Waals surface area contributed by atoms with Crippen LogP contribution in [0.1, 0.15) is 20.3 Å². The highest BCUT2D eigenvalue weighted by Crippen LogP contribution is 2.51. The van der Waals surface area contributed by atoms with E-state index in [1.54, 1.807) is 18.7 Å². The van der Waals surface area contributed by atoms with Gasteiger partial charge in [0.1, 0.15) is 11.5 Å². The van der Waals surface area contributed by atoms with Gasteiger partial charge in [-0.15, -0.1) is 24.2 Å². The van der Waals surface area contributed by atoms with E-state index in [0.717, 1.165) is 44.0 Å². The molecular formula is C21H32ClN5O4S. The van der Waals surface area contributed by atoms with Gasteiger partial charge < -0.3 is 25.3 Å². The Morgan fingerprint density at radius 2 is 2.12 bits per heavy atom. The largest absolute Gasteiger partial charge is 0.477 e. The van der Waals surface area contributed by atoms with Crippen molar-refractivity contribution >= 4 is 36.0 Å². The summed E-state index contributed by atoms with van der Waals surface area (Å²) in [5.41, 5.74) is 0.127. The van der Waals surface area contributed by atoms with E-state index in [1.807, 2.05) is 6.92 Å². The normalized spacial score (nSPS) is 35.0. The molecule has 0 aliphatic carbocycles. The monoisotopic (exact) mass is 485 g/mol. The predicted octanol–water partition coefficient (Wildman–Crippen LogP) is 0.345. The molecule has 5 rings (SSSR count). The zero-order valence-corrected chi connectivity index (χ0v) is 20.2. The van der Waals surface area contributed by atoms with E-state index >= 15 is 0 Å². The minimum absolute atomic E-state index is 0. The van der Waals surface area contributed by atoms with Crippen molar-refractivity contribution in [2.45, 2.75) is 43.7 Å². The number of nitrogens with zero attached hydrogens (tertiary/aromatic N) is 4. The number of rotatable bonds is 6. The van der Waals surface area contributed by atoms with Crippen LogP contribution in [0.5, 0.6) is 0 Å². The molecule has 11 heteroatoms. The lowest BCUT2D eigenvalue weighted by Crippen LogP contribution is -2.63. The molecule has 6 atom stereocenters. The Bertz CT molecular complexity index is 867. The second-order valence-corrected chi connectivity index (χ2v) is 10.7. The summed E-state index contributed by atoms with van der Waals surface area (Å²) < 4.78 is 0. The van der Waals surface area contributed by atoms with Crippen LogP contribution in [0.3, 0.4) is 0 Å². The van der Waals surface area contributed by atoms with Gasteiger partial charge in [0.15, 0.2) is 0 Å². The van der Waals surface area contributed by atoms with Gasteiger partial charge in [-0.25, -0.2) is 9.80 Å². The number of nitrogens with one attached hydrogen (secondary N) is 1. The smallest absolute Gasteiger partial charge is 0.353 e. The number of aliphatic hydroxyl groups excluding tert-OH is 1. The van der Waals surface area contributed by atoms with Gasteiger partial charge in [-0.3, -0.25) is 9.80 Å². The molecule has 5 heterocycles. The van der Waals surface area contributed by atoms with Crippen LogP contribution in [-0.4, -0.2) is 105 Å². The first kappa shape index (κ1) is 23.7. The molecule has 32 heavy (non-hydrogen) atoms. The van der Waals surface area contributed by atoms with Gasteiger partial charge in [0.05, 0.1) is 24.6 Å². The predicted molar refractivity (Wildman–Crippen MR) is 124 cm³/mol. The third kappa shape index (κ3) is 3.60. The molecule has 3 saturated heterocycles. The SMILES string of the molecule is C[C@@H](O)[C@H]1C(=O)N2C(C(=O)O)=C(S[C@@H]3CN[C@H](CN4CCN5C4=CCN5C)C3)[C@H](C)[C@H]12.Cl. The van der Waals surface area contributed by atoms with E-state index < -0.39 is 18.0 Å². The van der Waals surface area contributed by atoms with Gasteiger partial charge in [0.25, 0.3) is 0 Å². The Balaban J connectivity index is 0.00000245. The van der Waals surface area contributed by atoms with Crippen molar-refractivity contribution in [3.63, 3.8) is 0 Å². The minimum atomic E-state index is -1.05. The van der Waals surface area contributed by atoms with Crippen LogP contribution in [0.15, 0.2) is 22.5 Å². The Kier molecular flexibility index (Phi) is 6.45. The minimum Gasteiger partial charge on any atom is -0.477 e. The van der Waals surface area contributed by atoms with Crippen LogP contribution in [0.2, 0.25) is 0 Å². The highest BCUT2D eigenvalue weighted by Gasteiger charge is 2.60. The number of halogens is 1. The number of fused-ring (bicyclic) bond motifs is 2. The number of hydrogen-bond acceptors (Lipinski definition) is 8. The average molecular weight is 486 g/mol. The van der Waals surface area contributed by atoms with Crippen molar-refractivity contribution in [1.82, 2.24) is 25.1 Å². The average Bonchev–Trinajstić information content (AvgIpc) is 3.44. The molecule has 5 aliphatic heterocycles. The second kappa shape index (κ2) is 8.72. The lowest BCUT2D eigenvalue weighted by Gasteiger charge is -2.46. The van der Waals surface area contributed by atoms with Crippen molar-refractivity contribution < 1.29 is 19.8 Å². The molecule has 178 valence electrons. The van der Waals surface area contributed by atoms with Gasteiger partial charge in [-0.2, -0.15) is 0 Å². The Morgan fingerprint density at radius 3 is 2.81 bits per heavy atom. The number of amides is 1. The van der Waals surface area contributed by atoms with Crippen molar-refractivity contribution in [2.75, 3.05) is 39.8 Å². The zero-order valence-electron chi connectivity index (χ0n) is 18.6. The number of aliphatic hydroxyl groups is 1. The fourth-order valence-corrected chi connectivity index (χ4v) is 7.34. The number of thioether (sulfide) groups is 1. The molecule has 0 spiro atoms. The molecule has 1 amide bonds. The van der Waals surface area contributed by atoms with Crippen LogP contribution >= 0.6 is 24.2 Å². The van der Waals surface area contributed by atoms with E-state index in [0.29, 0.717) is 6.04 Å². The maximum atomic E-state index is 12.5. The molecule has 0 saturated carbocycles. The first-order valence-electron chi connectivity index (χ1n) is 11.1. The molecule has 3 N–H and O–H groups in total. The van der Waals surface area contributed by atoms with E-state index in [4.69, 9.17) is 0 Å². The van der Waals surface area contributed by atoms with Crippen molar-refractivity contribution in [2.24, 2.45) is 11.8 Å². The maximum absolute atomic E-state index is 12.5. The summed E-state index contributed by atoms with van der Waals surface area (Å²) in [6, 6.07) is 0.117. The number of hydrazine groups is 1. The Labute approximate surface area is 198 Å². The zero-order chi connectivity index (χ0) is 22.0. The summed E-state index contributed by atoms with van der Waals surface area (Å²) >= 11 is 1.61. The molecule has 3 fully saturated rings. The number of carboxylic acid groups (broad SMARTS) is 1. The summed E-state index contributed by atoms with van der Waals surface area (Å²) in [6.07, 6.45) is 2.47. The van der Waals surface area contributed by atoms with Crippen LogP contribution in [-0.2, 0) is 9.59 Å². The van der Waals surface area contributed by atoms with Crippen LogP contribution in [0.4, 0.5) is 0 Å². The molecular weight excluding hydrogens is 454 g/mol. The van der Waals surface area contributed by atoms with Crippen molar-refractivity contribution in [1.29, 1.82) is 0 Å². The van der Waals surface area contributed by atoms with E-state index in [2.05, 4.69) is 33.4 Å². The fraction of sp³-hybridized carbons (Fsp3) is 0.714. The Morgan fingerprint density at radius 1 is 1.38 bits per heavy atom. The molecule has 0 aromatic rings. The van der Waals surface area contributed by atoms with Crippen LogP contribution < -0.4 is 5.32 Å². The fourth-order valence-electron chi connectivity index (χ4n) is 5.82. The van der Waals surface area contributed by atoms with E-state index in [1.165, 1.54) is 10.7 Å². The Hall–Kier alpha value is -1.46. The van der Waals surface area contributed by atoms with Gasteiger partial charge >= 0.3 is 5.97 Å². The highest BCUT2D eigenvalue weighted by molar-refractivity contribution is 8.03. The van der Waals surface area contributed by atoms with Crippen LogP contribution in [0, 0.1) is 11.8 Å². The first-order valence-corrected chi connectivity index (χ1v) is 12.0. The number of aliphatic carboxylic acids is 1. The van der Waals surface area contributed by atoms with Gasteiger partial charge in [-0.05, 0) is 19.4 Å². The summed E-state index contributed by atoms with van der Waals surface area (Å²) in [5.74, 6) is -0.596. The van der Waals surface area contributed by atoms with Crippen LogP contribution in [0.25, 0.3) is 0 Å². The molecule has 0 bridgehead atoms. The maximum Gasteiger partial charge on any atom is 0.353 e. The summed E-state index contributed by atoms with van der Waals surface area (Å²) in [7, 11) is 2.11. The molecule has 0 radical (unpaired) electrons. The number of carbonyl (C=O) groups excluding carboxylic acids is 1. The van der Waals surface area contributed by atoms with Gasteiger partial charge in [0.2, 0.25) is 5.91 Å².